The molecule has 13 heavy (non-hydrogen) atoms. The second kappa shape index (κ2) is 4.04. The van der Waals surface area contributed by atoms with Crippen LogP contribution in [0, 0.1) is 5.92 Å². The van der Waals surface area contributed by atoms with Gasteiger partial charge >= 0.3 is 0 Å². The number of aryl methyl sites for hydroxylation is 1. The molecule has 0 saturated carbocycles. The van der Waals surface area contributed by atoms with Gasteiger partial charge in [0, 0.05) is 11.9 Å². The second-order valence-electron chi connectivity index (χ2n) is 3.29. The van der Waals surface area contributed by atoms with Crippen LogP contribution < -0.4 is 0 Å². The fourth-order valence-electron chi connectivity index (χ4n) is 1.53. The number of hydrogen-bond acceptors (Lipinski definition) is 1. The van der Waals surface area contributed by atoms with E-state index in [1.54, 1.807) is 0 Å². The molecule has 0 unspecified atom stereocenters. The number of aromatic nitrogens is 1. The van der Waals surface area contributed by atoms with Gasteiger partial charge in [-0.2, -0.15) is 0 Å². The van der Waals surface area contributed by atoms with Gasteiger partial charge in [-0.1, -0.05) is 30.4 Å². The fraction of sp³-hybridized carbons (Fsp3) is 0.250. The van der Waals surface area contributed by atoms with Crippen LogP contribution >= 0.6 is 0 Å². The van der Waals surface area contributed by atoms with E-state index < -0.39 is 0 Å². The van der Waals surface area contributed by atoms with Crippen molar-refractivity contribution < 1.29 is 0 Å². The summed E-state index contributed by atoms with van der Waals surface area (Å²) in [7, 11) is 0. The Bertz CT molecular complexity index is 299. The molecule has 0 saturated heterocycles. The van der Waals surface area contributed by atoms with Crippen LogP contribution in [0.3, 0.4) is 0 Å². The smallest absolute Gasteiger partial charge is 0.0403 e. The first-order chi connectivity index (χ1) is 6.45. The molecule has 1 aliphatic rings. The molecule has 66 valence electrons. The molecule has 1 heteroatoms. The molecular formula is C12H13N. The van der Waals surface area contributed by atoms with Gasteiger partial charge in [-0.05, 0) is 30.9 Å². The van der Waals surface area contributed by atoms with Crippen molar-refractivity contribution in [1.29, 1.82) is 0 Å². The molecule has 0 bridgehead atoms. The van der Waals surface area contributed by atoms with Gasteiger partial charge in [-0.15, -0.1) is 0 Å². The molecule has 0 amide bonds. The lowest BCUT2D eigenvalue weighted by Crippen LogP contribution is -1.95. The summed E-state index contributed by atoms with van der Waals surface area (Å²) in [6, 6.07) is 6.09. The minimum absolute atomic E-state index is 0.627. The molecule has 2 rings (SSSR count). The van der Waals surface area contributed by atoms with E-state index in [1.807, 2.05) is 18.3 Å². The zero-order chi connectivity index (χ0) is 8.93. The van der Waals surface area contributed by atoms with Crippen molar-refractivity contribution in [3.8, 4) is 0 Å². The van der Waals surface area contributed by atoms with E-state index in [4.69, 9.17) is 0 Å². The number of hydrogen-bond donors (Lipinski definition) is 0. The molecular weight excluding hydrogens is 158 g/mol. The summed E-state index contributed by atoms with van der Waals surface area (Å²) in [6.07, 6.45) is 12.8. The molecule has 0 fully saturated rings. The number of nitrogens with zero attached hydrogens (tertiary/aromatic N) is 1. The molecule has 1 nitrogen and oxygen atoms in total. The van der Waals surface area contributed by atoms with Crippen molar-refractivity contribution in [2.45, 2.75) is 12.8 Å². The van der Waals surface area contributed by atoms with Crippen LogP contribution in [-0.4, -0.2) is 4.98 Å². The summed E-state index contributed by atoms with van der Waals surface area (Å²) < 4.78 is 0. The highest BCUT2D eigenvalue weighted by Gasteiger charge is 2.03. The summed E-state index contributed by atoms with van der Waals surface area (Å²) in [5, 5.41) is 0. The van der Waals surface area contributed by atoms with Crippen LogP contribution in [-0.2, 0) is 6.42 Å². The first-order valence-electron chi connectivity index (χ1n) is 4.70. The first-order valence-corrected chi connectivity index (χ1v) is 4.70. The fourth-order valence-corrected chi connectivity index (χ4v) is 1.53. The van der Waals surface area contributed by atoms with E-state index in [0.717, 1.165) is 6.42 Å². The van der Waals surface area contributed by atoms with Gasteiger partial charge in [0.15, 0.2) is 0 Å². The Morgan fingerprint density at radius 3 is 2.69 bits per heavy atom. The topological polar surface area (TPSA) is 12.9 Å². The molecule has 0 atom stereocenters. The highest BCUT2D eigenvalue weighted by molar-refractivity contribution is 5.18. The molecule has 1 heterocycles. The summed E-state index contributed by atoms with van der Waals surface area (Å²) >= 11 is 0. The number of allylic oxidation sites excluding steroid dienone is 4. The van der Waals surface area contributed by atoms with Crippen molar-refractivity contribution in [3.63, 3.8) is 0 Å². The quantitative estimate of drug-likeness (QED) is 0.681. The van der Waals surface area contributed by atoms with Crippen molar-refractivity contribution >= 4 is 0 Å². The van der Waals surface area contributed by atoms with Crippen molar-refractivity contribution in [3.05, 3.63) is 54.4 Å². The lowest BCUT2D eigenvalue weighted by molar-refractivity contribution is 0.704. The van der Waals surface area contributed by atoms with Gasteiger partial charge in [0.1, 0.15) is 0 Å². The normalized spacial score (nSPS) is 15.4. The predicted octanol–water partition coefficient (Wildman–Crippen LogP) is 2.76. The molecule has 1 aliphatic carbocycles. The largest absolute Gasteiger partial charge is 0.261 e. The molecule has 0 aromatic carbocycles. The van der Waals surface area contributed by atoms with E-state index in [2.05, 4.69) is 35.4 Å². The first kappa shape index (κ1) is 8.24. The van der Waals surface area contributed by atoms with Crippen LogP contribution in [0.1, 0.15) is 12.1 Å². The monoisotopic (exact) mass is 171 g/mol. The highest BCUT2D eigenvalue weighted by atomic mass is 14.7. The lowest BCUT2D eigenvalue weighted by Gasteiger charge is -2.03. The molecule has 0 spiro atoms. The summed E-state index contributed by atoms with van der Waals surface area (Å²) in [4.78, 5) is 4.29. The predicted molar refractivity (Wildman–Crippen MR) is 54.3 cm³/mol. The Kier molecular flexibility index (Phi) is 2.56. The zero-order valence-corrected chi connectivity index (χ0v) is 7.56. The van der Waals surface area contributed by atoms with E-state index in [9.17, 15) is 0 Å². The molecule has 1 aromatic heterocycles. The average molecular weight is 171 g/mol. The lowest BCUT2D eigenvalue weighted by atomic mass is 10.0. The van der Waals surface area contributed by atoms with Crippen LogP contribution in [0.4, 0.5) is 0 Å². The maximum Gasteiger partial charge on any atom is 0.0403 e. The maximum atomic E-state index is 4.29. The average Bonchev–Trinajstić information content (AvgIpc) is 2.69. The molecule has 0 aliphatic heterocycles. The Morgan fingerprint density at radius 1 is 1.15 bits per heavy atom. The third-order valence-electron chi connectivity index (χ3n) is 2.29. The molecule has 0 N–H and O–H groups in total. The summed E-state index contributed by atoms with van der Waals surface area (Å²) in [5.74, 6) is 0.627. The second-order valence-corrected chi connectivity index (χ2v) is 3.29. The van der Waals surface area contributed by atoms with Crippen LogP contribution in [0.25, 0.3) is 0 Å². The molecule has 1 aromatic rings. The minimum atomic E-state index is 0.627. The van der Waals surface area contributed by atoms with E-state index in [0.29, 0.717) is 5.92 Å². The maximum absolute atomic E-state index is 4.29. The van der Waals surface area contributed by atoms with Crippen molar-refractivity contribution in [2.75, 3.05) is 0 Å². The van der Waals surface area contributed by atoms with E-state index >= 15 is 0 Å². The summed E-state index contributed by atoms with van der Waals surface area (Å²) in [6.45, 7) is 0. The van der Waals surface area contributed by atoms with Gasteiger partial charge < -0.3 is 0 Å². The number of pyridine rings is 1. The van der Waals surface area contributed by atoms with Gasteiger partial charge in [-0.3, -0.25) is 4.98 Å². The van der Waals surface area contributed by atoms with Crippen LogP contribution in [0.5, 0.6) is 0 Å². The SMILES string of the molecule is C1=CC(CCc2ccccn2)C=C1. The Morgan fingerprint density at radius 2 is 2.00 bits per heavy atom. The Labute approximate surface area is 78.8 Å². The van der Waals surface area contributed by atoms with Gasteiger partial charge in [0.05, 0.1) is 0 Å². The third-order valence-corrected chi connectivity index (χ3v) is 2.29. The van der Waals surface area contributed by atoms with E-state index in [-0.39, 0.29) is 0 Å². The van der Waals surface area contributed by atoms with Crippen LogP contribution in [0.15, 0.2) is 48.7 Å². The van der Waals surface area contributed by atoms with Gasteiger partial charge in [0.2, 0.25) is 0 Å². The van der Waals surface area contributed by atoms with Crippen LogP contribution in [0.2, 0.25) is 0 Å². The highest BCUT2D eigenvalue weighted by Crippen LogP contribution is 2.15. The third kappa shape index (κ3) is 2.28. The zero-order valence-electron chi connectivity index (χ0n) is 7.56. The standard InChI is InChI=1S/C12H13N/c1-2-6-11(5-1)8-9-12-7-3-4-10-13-12/h1-7,10-11H,8-9H2. The van der Waals surface area contributed by atoms with Gasteiger partial charge in [-0.25, -0.2) is 0 Å². The number of rotatable bonds is 3. The minimum Gasteiger partial charge on any atom is -0.261 e. The van der Waals surface area contributed by atoms with Gasteiger partial charge in [0.25, 0.3) is 0 Å². The van der Waals surface area contributed by atoms with E-state index in [1.165, 1.54) is 12.1 Å². The van der Waals surface area contributed by atoms with Crippen molar-refractivity contribution in [2.24, 2.45) is 5.92 Å². The Hall–Kier alpha value is -1.37. The van der Waals surface area contributed by atoms with Crippen molar-refractivity contribution in [1.82, 2.24) is 4.98 Å². The summed E-state index contributed by atoms with van der Waals surface area (Å²) in [5.41, 5.74) is 1.19. The molecule has 0 radical (unpaired) electrons. The Balaban J connectivity index is 1.86.